The largest absolute Gasteiger partial charge is 0.444 e. The van der Waals surface area contributed by atoms with Gasteiger partial charge in [0.25, 0.3) is 0 Å². The maximum Gasteiger partial charge on any atom is 0.410 e. The van der Waals surface area contributed by atoms with Gasteiger partial charge in [-0.05, 0) is 51.8 Å². The highest BCUT2D eigenvalue weighted by molar-refractivity contribution is 5.68. The minimum Gasteiger partial charge on any atom is -0.444 e. The summed E-state index contributed by atoms with van der Waals surface area (Å²) in [7, 11) is 0. The third-order valence-electron chi connectivity index (χ3n) is 3.10. The Morgan fingerprint density at radius 1 is 1.30 bits per heavy atom. The molecule has 1 aromatic rings. The van der Waals surface area contributed by atoms with Gasteiger partial charge in [0, 0.05) is 19.3 Å². The van der Waals surface area contributed by atoms with Crippen LogP contribution in [0.4, 0.5) is 4.79 Å². The monoisotopic (exact) mass is 274 g/mol. The molecule has 0 aromatic carbocycles. The topological polar surface area (TPSA) is 42.4 Å². The minimum absolute atomic E-state index is 0.214. The van der Waals surface area contributed by atoms with E-state index in [1.807, 2.05) is 39.0 Å². The first-order valence-electron chi connectivity index (χ1n) is 7.02. The van der Waals surface area contributed by atoms with E-state index in [-0.39, 0.29) is 6.09 Å². The van der Waals surface area contributed by atoms with Gasteiger partial charge >= 0.3 is 6.09 Å². The summed E-state index contributed by atoms with van der Waals surface area (Å²) < 4.78 is 5.39. The van der Waals surface area contributed by atoms with Gasteiger partial charge in [-0.15, -0.1) is 0 Å². The fraction of sp³-hybridized carbons (Fsp3) is 0.500. The highest BCUT2D eigenvalue weighted by atomic mass is 16.6. The van der Waals surface area contributed by atoms with Crippen LogP contribution in [0.3, 0.4) is 0 Å². The van der Waals surface area contributed by atoms with Gasteiger partial charge in [0.05, 0.1) is 5.69 Å². The van der Waals surface area contributed by atoms with Crippen LogP contribution in [0, 0.1) is 0 Å². The van der Waals surface area contributed by atoms with E-state index in [2.05, 4.69) is 11.1 Å². The van der Waals surface area contributed by atoms with E-state index in [4.69, 9.17) is 4.74 Å². The molecule has 0 spiro atoms. The first kappa shape index (κ1) is 14.6. The van der Waals surface area contributed by atoms with Gasteiger partial charge in [-0.3, -0.25) is 4.98 Å². The number of rotatable bonds is 1. The predicted molar refractivity (Wildman–Crippen MR) is 79.3 cm³/mol. The van der Waals surface area contributed by atoms with Gasteiger partial charge in [0.15, 0.2) is 0 Å². The number of likely N-dealkylation sites (tertiary alicyclic amines) is 1. The third-order valence-corrected chi connectivity index (χ3v) is 3.10. The molecule has 0 atom stereocenters. The molecule has 1 aliphatic heterocycles. The van der Waals surface area contributed by atoms with Crippen molar-refractivity contribution in [2.75, 3.05) is 13.1 Å². The van der Waals surface area contributed by atoms with Gasteiger partial charge in [0.2, 0.25) is 0 Å². The molecule has 2 heterocycles. The van der Waals surface area contributed by atoms with Crippen LogP contribution in [0.2, 0.25) is 0 Å². The summed E-state index contributed by atoms with van der Waals surface area (Å²) in [6.07, 6.45) is 5.47. The second-order valence-electron chi connectivity index (χ2n) is 6.02. The number of carbonyl (C=O) groups excluding carboxylic acids is 1. The zero-order valence-corrected chi connectivity index (χ0v) is 12.4. The van der Waals surface area contributed by atoms with Crippen molar-refractivity contribution in [1.82, 2.24) is 9.88 Å². The van der Waals surface area contributed by atoms with Crippen molar-refractivity contribution in [2.45, 2.75) is 39.2 Å². The molecule has 4 nitrogen and oxygen atoms in total. The molecule has 20 heavy (non-hydrogen) atoms. The van der Waals surface area contributed by atoms with Crippen molar-refractivity contribution in [1.29, 1.82) is 0 Å². The van der Waals surface area contributed by atoms with E-state index in [1.54, 1.807) is 11.1 Å². The Balaban J connectivity index is 1.90. The molecule has 1 amide bonds. The van der Waals surface area contributed by atoms with Crippen molar-refractivity contribution < 1.29 is 9.53 Å². The Bertz CT molecular complexity index is 479. The summed E-state index contributed by atoms with van der Waals surface area (Å²) in [6, 6.07) is 5.88. The van der Waals surface area contributed by atoms with Crippen LogP contribution < -0.4 is 0 Å². The normalized spacial score (nSPS) is 15.9. The predicted octanol–water partition coefficient (Wildman–Crippen LogP) is 3.50. The molecule has 0 bridgehead atoms. The van der Waals surface area contributed by atoms with Gasteiger partial charge in [-0.2, -0.15) is 0 Å². The van der Waals surface area contributed by atoms with E-state index >= 15 is 0 Å². The molecule has 0 unspecified atom stereocenters. The number of aromatic nitrogens is 1. The van der Waals surface area contributed by atoms with E-state index < -0.39 is 5.60 Å². The lowest BCUT2D eigenvalue weighted by atomic mass is 10.0. The number of piperidine rings is 1. The number of ether oxygens (including phenoxy) is 1. The van der Waals surface area contributed by atoms with Crippen LogP contribution in [-0.2, 0) is 4.74 Å². The van der Waals surface area contributed by atoms with Gasteiger partial charge < -0.3 is 9.64 Å². The Labute approximate surface area is 120 Å². The molecule has 1 aromatic heterocycles. The number of nitrogens with zero attached hydrogens (tertiary/aromatic N) is 2. The smallest absolute Gasteiger partial charge is 0.410 e. The van der Waals surface area contributed by atoms with Crippen LogP contribution in [0.1, 0.15) is 39.3 Å². The minimum atomic E-state index is -0.429. The highest BCUT2D eigenvalue weighted by Gasteiger charge is 2.24. The molecule has 108 valence electrons. The number of hydrogen-bond acceptors (Lipinski definition) is 3. The van der Waals surface area contributed by atoms with Gasteiger partial charge in [0.1, 0.15) is 5.60 Å². The summed E-state index contributed by atoms with van der Waals surface area (Å²) in [5.41, 5.74) is 1.89. The quantitative estimate of drug-likeness (QED) is 0.787. The molecule has 1 aliphatic rings. The molecule has 0 radical (unpaired) electrons. The molecule has 1 saturated heterocycles. The summed E-state index contributed by atoms with van der Waals surface area (Å²) in [5, 5.41) is 0. The van der Waals surface area contributed by atoms with Crippen LogP contribution in [-0.4, -0.2) is 34.7 Å². The Hall–Kier alpha value is -1.84. The fourth-order valence-corrected chi connectivity index (χ4v) is 2.12. The van der Waals surface area contributed by atoms with E-state index in [9.17, 15) is 4.79 Å². The second kappa shape index (κ2) is 6.07. The Morgan fingerprint density at radius 3 is 2.55 bits per heavy atom. The number of amides is 1. The van der Waals surface area contributed by atoms with E-state index in [0.717, 1.165) is 18.5 Å². The molecule has 2 rings (SSSR count). The van der Waals surface area contributed by atoms with Crippen molar-refractivity contribution in [3.63, 3.8) is 0 Å². The molecular weight excluding hydrogens is 252 g/mol. The molecule has 0 aliphatic carbocycles. The Morgan fingerprint density at radius 2 is 2.00 bits per heavy atom. The second-order valence-corrected chi connectivity index (χ2v) is 6.02. The first-order chi connectivity index (χ1) is 9.44. The standard InChI is InChI=1S/C16H22N2O2/c1-16(2,3)20-15(19)18-10-7-13(8-11-18)12-14-6-4-5-9-17-14/h4-6,9,12H,7-8,10-11H2,1-3H3. The number of carbonyl (C=O) groups is 1. The van der Waals surface area contributed by atoms with Crippen molar-refractivity contribution in [2.24, 2.45) is 0 Å². The van der Waals surface area contributed by atoms with Crippen LogP contribution in [0.25, 0.3) is 6.08 Å². The van der Waals surface area contributed by atoms with Crippen LogP contribution in [0.5, 0.6) is 0 Å². The molecule has 1 fully saturated rings. The van der Waals surface area contributed by atoms with Crippen LogP contribution in [0.15, 0.2) is 30.0 Å². The highest BCUT2D eigenvalue weighted by Crippen LogP contribution is 2.20. The van der Waals surface area contributed by atoms with E-state index in [0.29, 0.717) is 13.1 Å². The molecule has 0 N–H and O–H groups in total. The first-order valence-corrected chi connectivity index (χ1v) is 7.02. The van der Waals surface area contributed by atoms with Gasteiger partial charge in [-0.25, -0.2) is 4.79 Å². The molecular formula is C16H22N2O2. The molecule has 0 saturated carbocycles. The van der Waals surface area contributed by atoms with Gasteiger partial charge in [-0.1, -0.05) is 11.6 Å². The molecule has 4 heteroatoms. The summed E-state index contributed by atoms with van der Waals surface area (Å²) >= 11 is 0. The Kier molecular flexibility index (Phi) is 4.42. The lowest BCUT2D eigenvalue weighted by Crippen LogP contribution is -2.40. The van der Waals surface area contributed by atoms with Crippen LogP contribution >= 0.6 is 0 Å². The van der Waals surface area contributed by atoms with E-state index in [1.165, 1.54) is 5.57 Å². The van der Waals surface area contributed by atoms with Crippen molar-refractivity contribution in [3.8, 4) is 0 Å². The zero-order chi connectivity index (χ0) is 14.6. The summed E-state index contributed by atoms with van der Waals surface area (Å²) in [6.45, 7) is 7.10. The summed E-state index contributed by atoms with van der Waals surface area (Å²) in [4.78, 5) is 18.0. The third kappa shape index (κ3) is 4.37. The lowest BCUT2D eigenvalue weighted by Gasteiger charge is -2.31. The summed E-state index contributed by atoms with van der Waals surface area (Å²) in [5.74, 6) is 0. The fourth-order valence-electron chi connectivity index (χ4n) is 2.12. The van der Waals surface area contributed by atoms with Crippen molar-refractivity contribution in [3.05, 3.63) is 35.7 Å². The average Bonchev–Trinajstić information content (AvgIpc) is 2.39. The SMILES string of the molecule is CC(C)(C)OC(=O)N1CCC(=Cc2ccccn2)CC1. The maximum absolute atomic E-state index is 12.0. The lowest BCUT2D eigenvalue weighted by molar-refractivity contribution is 0.0237. The average molecular weight is 274 g/mol. The maximum atomic E-state index is 12.0. The van der Waals surface area contributed by atoms with Crippen molar-refractivity contribution >= 4 is 12.2 Å². The number of hydrogen-bond donors (Lipinski definition) is 0. The number of pyridine rings is 1. The zero-order valence-electron chi connectivity index (χ0n) is 12.4.